The predicted octanol–water partition coefficient (Wildman–Crippen LogP) is 6.30. The van der Waals surface area contributed by atoms with Gasteiger partial charge in [-0.3, -0.25) is 4.79 Å². The smallest absolute Gasteiger partial charge is 0.257 e. The molecule has 0 spiro atoms. The van der Waals surface area contributed by atoms with Crippen molar-refractivity contribution in [2.75, 3.05) is 0 Å². The number of halogens is 2. The second kappa shape index (κ2) is 6.91. The molecule has 1 heterocycles. The van der Waals surface area contributed by atoms with E-state index in [0.29, 0.717) is 26.4 Å². The Hall–Kier alpha value is -1.49. The van der Waals surface area contributed by atoms with E-state index in [1.54, 1.807) is 6.07 Å². The highest BCUT2D eigenvalue weighted by Gasteiger charge is 2.22. The Kier molecular flexibility index (Phi) is 4.76. The summed E-state index contributed by atoms with van der Waals surface area (Å²) in [6, 6.07) is 7.78. The number of fused-ring (bicyclic) bond motifs is 2. The minimum atomic E-state index is -0.308. The molecular weight excluding hydrogens is 389 g/mol. The molecule has 26 heavy (non-hydrogen) atoms. The van der Waals surface area contributed by atoms with Gasteiger partial charge in [0.05, 0.1) is 10.3 Å². The highest BCUT2D eigenvalue weighted by molar-refractivity contribution is 8.00. The first kappa shape index (κ1) is 17.9. The molecule has 1 unspecified atom stereocenters. The van der Waals surface area contributed by atoms with Crippen LogP contribution < -0.4 is 0 Å². The summed E-state index contributed by atoms with van der Waals surface area (Å²) in [6.45, 7) is 3.70. The van der Waals surface area contributed by atoms with E-state index in [1.165, 1.54) is 29.3 Å². The number of oxazole rings is 1. The maximum absolute atomic E-state index is 12.8. The zero-order valence-electron chi connectivity index (χ0n) is 14.4. The van der Waals surface area contributed by atoms with Crippen LogP contribution in [-0.2, 0) is 12.8 Å². The quantitative estimate of drug-likeness (QED) is 0.377. The Balaban J connectivity index is 1.58. The van der Waals surface area contributed by atoms with Gasteiger partial charge < -0.3 is 4.42 Å². The van der Waals surface area contributed by atoms with E-state index in [-0.39, 0.29) is 11.0 Å². The highest BCUT2D eigenvalue weighted by atomic mass is 35.5. The van der Waals surface area contributed by atoms with Crippen LogP contribution >= 0.6 is 35.0 Å². The number of Topliss-reactive ketones (excluding diaryl/α,β-unsaturated/α-hetero) is 1. The molecule has 1 aliphatic carbocycles. The van der Waals surface area contributed by atoms with E-state index in [4.69, 9.17) is 27.6 Å². The lowest BCUT2D eigenvalue weighted by Gasteiger charge is -2.09. The third kappa shape index (κ3) is 3.15. The summed E-state index contributed by atoms with van der Waals surface area (Å²) < 4.78 is 5.77. The summed E-state index contributed by atoms with van der Waals surface area (Å²) in [5, 5.41) is 1.13. The summed E-state index contributed by atoms with van der Waals surface area (Å²) in [5.41, 5.74) is 5.28. The van der Waals surface area contributed by atoms with Crippen molar-refractivity contribution in [3.63, 3.8) is 0 Å². The number of carbonyl (C=O) groups is 1. The molecule has 0 N–H and O–H groups in total. The molecule has 0 saturated heterocycles. The first-order chi connectivity index (χ1) is 12.4. The van der Waals surface area contributed by atoms with Crippen molar-refractivity contribution >= 4 is 51.8 Å². The van der Waals surface area contributed by atoms with Gasteiger partial charge in [-0.05, 0) is 61.9 Å². The Bertz CT molecular complexity index is 1030. The number of carbonyl (C=O) groups excluding carboxylic acids is 1. The number of aryl methyl sites for hydroxylation is 2. The molecule has 1 aromatic heterocycles. The van der Waals surface area contributed by atoms with Crippen molar-refractivity contribution in [2.45, 2.75) is 43.6 Å². The summed E-state index contributed by atoms with van der Waals surface area (Å²) in [7, 11) is 0. The maximum atomic E-state index is 12.8. The van der Waals surface area contributed by atoms with Crippen LogP contribution in [0.4, 0.5) is 0 Å². The maximum Gasteiger partial charge on any atom is 0.257 e. The third-order valence-corrected chi connectivity index (χ3v) is 6.61. The van der Waals surface area contributed by atoms with E-state index >= 15 is 0 Å². The summed E-state index contributed by atoms with van der Waals surface area (Å²) in [5.74, 6) is 0.0762. The molecule has 1 aliphatic rings. The number of thioether (sulfide) groups is 1. The van der Waals surface area contributed by atoms with E-state index in [0.717, 1.165) is 24.0 Å². The minimum Gasteiger partial charge on any atom is -0.430 e. The summed E-state index contributed by atoms with van der Waals surface area (Å²) in [6.07, 6.45) is 3.34. The van der Waals surface area contributed by atoms with Crippen molar-refractivity contribution in [1.29, 1.82) is 0 Å². The largest absolute Gasteiger partial charge is 0.430 e. The van der Waals surface area contributed by atoms with Crippen LogP contribution in [0.1, 0.15) is 40.4 Å². The van der Waals surface area contributed by atoms with E-state index in [9.17, 15) is 4.79 Å². The average Bonchev–Trinajstić information content (AvgIpc) is 3.25. The number of nitrogens with zero attached hydrogens (tertiary/aromatic N) is 1. The number of benzene rings is 2. The lowest BCUT2D eigenvalue weighted by molar-refractivity contribution is 0.0993. The van der Waals surface area contributed by atoms with Crippen molar-refractivity contribution in [3.05, 3.63) is 56.6 Å². The van der Waals surface area contributed by atoms with Crippen LogP contribution in [0.2, 0.25) is 10.0 Å². The van der Waals surface area contributed by atoms with E-state index < -0.39 is 0 Å². The molecule has 1 atom stereocenters. The van der Waals surface area contributed by atoms with Crippen LogP contribution in [0, 0.1) is 6.92 Å². The molecule has 0 aliphatic heterocycles. The second-order valence-corrected chi connectivity index (χ2v) is 8.66. The fourth-order valence-electron chi connectivity index (χ4n) is 3.28. The molecule has 4 rings (SSSR count). The topological polar surface area (TPSA) is 43.1 Å². The average molecular weight is 406 g/mol. The normalized spacial score (nSPS) is 14.6. The number of hydrogen-bond acceptors (Lipinski definition) is 4. The SMILES string of the molecule is Cc1c(Cl)cc2nc(SC(C)C(=O)c3ccc4c(c3)CCC4)oc2c1Cl. The minimum absolute atomic E-state index is 0.0762. The van der Waals surface area contributed by atoms with Crippen LogP contribution in [0.15, 0.2) is 33.9 Å². The predicted molar refractivity (Wildman–Crippen MR) is 107 cm³/mol. The molecule has 2 aromatic carbocycles. The van der Waals surface area contributed by atoms with Crippen LogP contribution in [0.3, 0.4) is 0 Å². The molecule has 0 fully saturated rings. The van der Waals surface area contributed by atoms with Gasteiger partial charge in [0.25, 0.3) is 5.22 Å². The molecule has 134 valence electrons. The molecule has 0 amide bonds. The molecular formula is C20H17Cl2NO2S. The van der Waals surface area contributed by atoms with Gasteiger partial charge in [0.1, 0.15) is 5.52 Å². The van der Waals surface area contributed by atoms with Crippen molar-refractivity contribution in [2.24, 2.45) is 0 Å². The van der Waals surface area contributed by atoms with Crippen molar-refractivity contribution in [3.8, 4) is 0 Å². The Morgan fingerprint density at radius 1 is 1.23 bits per heavy atom. The number of hydrogen-bond donors (Lipinski definition) is 0. The van der Waals surface area contributed by atoms with Gasteiger partial charge in [-0.15, -0.1) is 0 Å². The Morgan fingerprint density at radius 3 is 2.81 bits per heavy atom. The molecule has 0 saturated carbocycles. The van der Waals surface area contributed by atoms with Gasteiger partial charge in [-0.25, -0.2) is 4.98 Å². The monoisotopic (exact) mass is 405 g/mol. The van der Waals surface area contributed by atoms with Gasteiger partial charge in [0, 0.05) is 10.6 Å². The van der Waals surface area contributed by atoms with E-state index in [1.807, 2.05) is 26.0 Å². The zero-order valence-corrected chi connectivity index (χ0v) is 16.8. The Labute approximate surface area is 166 Å². The first-order valence-electron chi connectivity index (χ1n) is 8.52. The zero-order chi connectivity index (χ0) is 18.4. The van der Waals surface area contributed by atoms with Crippen LogP contribution in [0.25, 0.3) is 11.1 Å². The lowest BCUT2D eigenvalue weighted by atomic mass is 10.0. The molecule has 0 radical (unpaired) electrons. The van der Waals surface area contributed by atoms with Crippen LogP contribution in [-0.4, -0.2) is 16.0 Å². The molecule has 3 nitrogen and oxygen atoms in total. The summed E-state index contributed by atoms with van der Waals surface area (Å²) >= 11 is 13.8. The molecule has 3 aromatic rings. The van der Waals surface area contributed by atoms with Gasteiger partial charge in [-0.1, -0.05) is 47.1 Å². The van der Waals surface area contributed by atoms with Gasteiger partial charge in [-0.2, -0.15) is 0 Å². The van der Waals surface area contributed by atoms with Crippen LogP contribution in [0.5, 0.6) is 0 Å². The van der Waals surface area contributed by atoms with Crippen molar-refractivity contribution < 1.29 is 9.21 Å². The number of ketones is 1. The molecule has 0 bridgehead atoms. The number of aromatic nitrogens is 1. The van der Waals surface area contributed by atoms with E-state index in [2.05, 4.69) is 11.1 Å². The van der Waals surface area contributed by atoms with Gasteiger partial charge in [0.15, 0.2) is 11.4 Å². The fourth-order valence-corrected chi connectivity index (χ4v) is 4.60. The second-order valence-electron chi connectivity index (χ2n) is 6.59. The standard InChI is InChI=1S/C20H17Cl2NO2S/c1-10-15(21)9-16-19(17(10)22)25-20(23-16)26-11(2)18(24)14-7-6-12-4-3-5-13(12)8-14/h6-9,11H,3-5H2,1-2H3. The lowest BCUT2D eigenvalue weighted by Crippen LogP contribution is -2.13. The van der Waals surface area contributed by atoms with Crippen molar-refractivity contribution in [1.82, 2.24) is 4.98 Å². The third-order valence-electron chi connectivity index (χ3n) is 4.81. The Morgan fingerprint density at radius 2 is 2.00 bits per heavy atom. The summed E-state index contributed by atoms with van der Waals surface area (Å²) in [4.78, 5) is 17.2. The molecule has 6 heteroatoms. The highest BCUT2D eigenvalue weighted by Crippen LogP contribution is 2.36. The van der Waals surface area contributed by atoms with Gasteiger partial charge in [0.2, 0.25) is 0 Å². The number of rotatable bonds is 4. The first-order valence-corrected chi connectivity index (χ1v) is 10.2. The fraction of sp³-hybridized carbons (Fsp3) is 0.300. The van der Waals surface area contributed by atoms with Gasteiger partial charge >= 0.3 is 0 Å².